The number of carbonyl (C=O) groups is 1. The summed E-state index contributed by atoms with van der Waals surface area (Å²) < 4.78 is 10.5. The number of para-hydroxylation sites is 1. The molecule has 0 unspecified atom stereocenters. The summed E-state index contributed by atoms with van der Waals surface area (Å²) in [6.07, 6.45) is 1.57. The van der Waals surface area contributed by atoms with Gasteiger partial charge in [0.1, 0.15) is 11.5 Å². The van der Waals surface area contributed by atoms with Crippen molar-refractivity contribution in [3.8, 4) is 5.75 Å². The first-order valence-corrected chi connectivity index (χ1v) is 8.88. The largest absolute Gasteiger partial charge is 0.495 e. The number of aromatic nitrogens is 1. The van der Waals surface area contributed by atoms with Crippen molar-refractivity contribution in [1.82, 2.24) is 10.3 Å². The Morgan fingerprint density at radius 1 is 1.32 bits per heavy atom. The van der Waals surface area contributed by atoms with Gasteiger partial charge in [-0.1, -0.05) is 6.07 Å². The monoisotopic (exact) mass is 358 g/mol. The minimum Gasteiger partial charge on any atom is -0.495 e. The Labute approximate surface area is 148 Å². The van der Waals surface area contributed by atoms with E-state index in [1.54, 1.807) is 49.8 Å². The molecule has 1 aromatic carbocycles. The van der Waals surface area contributed by atoms with Crippen LogP contribution >= 0.6 is 11.8 Å². The maximum Gasteiger partial charge on any atom is 0.230 e. The number of rotatable bonds is 7. The van der Waals surface area contributed by atoms with E-state index < -0.39 is 0 Å². The summed E-state index contributed by atoms with van der Waals surface area (Å²) in [4.78, 5) is 27.3. The molecule has 25 heavy (non-hydrogen) atoms. The van der Waals surface area contributed by atoms with Gasteiger partial charge >= 0.3 is 0 Å². The average Bonchev–Trinajstić information content (AvgIpc) is 3.13. The molecule has 0 radical (unpaired) electrons. The Morgan fingerprint density at radius 3 is 2.96 bits per heavy atom. The fraction of sp³-hybridized carbons (Fsp3) is 0.222. The summed E-state index contributed by atoms with van der Waals surface area (Å²) in [6, 6.07) is 10.5. The van der Waals surface area contributed by atoms with E-state index in [1.807, 2.05) is 0 Å². The summed E-state index contributed by atoms with van der Waals surface area (Å²) in [5.41, 5.74) is 1.37. The number of nitrogens with one attached hydrogen (secondary N) is 2. The number of ether oxygens (including phenoxy) is 1. The highest BCUT2D eigenvalue weighted by Gasteiger charge is 2.08. The molecule has 2 heterocycles. The van der Waals surface area contributed by atoms with Crippen LogP contribution in [0.3, 0.4) is 0 Å². The molecule has 1 amide bonds. The lowest BCUT2D eigenvalue weighted by Crippen LogP contribution is -2.24. The number of methoxy groups -OCH3 is 1. The van der Waals surface area contributed by atoms with Crippen molar-refractivity contribution in [2.75, 3.05) is 12.9 Å². The number of hydrogen-bond acceptors (Lipinski definition) is 5. The van der Waals surface area contributed by atoms with Gasteiger partial charge in [-0.05, 0) is 24.3 Å². The quantitative estimate of drug-likeness (QED) is 0.678. The molecule has 3 aromatic rings. The van der Waals surface area contributed by atoms with Gasteiger partial charge in [0.15, 0.2) is 5.43 Å². The van der Waals surface area contributed by atoms with Gasteiger partial charge in [-0.25, -0.2) is 0 Å². The van der Waals surface area contributed by atoms with Crippen LogP contribution in [0.1, 0.15) is 11.5 Å². The number of amides is 1. The Morgan fingerprint density at radius 2 is 2.20 bits per heavy atom. The number of fused-ring (bicyclic) bond motifs is 1. The topological polar surface area (TPSA) is 84.3 Å². The second-order valence-corrected chi connectivity index (χ2v) is 6.38. The van der Waals surface area contributed by atoms with E-state index in [2.05, 4.69) is 10.3 Å². The van der Waals surface area contributed by atoms with Gasteiger partial charge in [0.25, 0.3) is 0 Å². The van der Waals surface area contributed by atoms with Crippen LogP contribution in [0.2, 0.25) is 0 Å². The van der Waals surface area contributed by atoms with Crippen LogP contribution in [0, 0.1) is 0 Å². The number of carbonyl (C=O) groups excluding carboxylic acids is 1. The van der Waals surface area contributed by atoms with Gasteiger partial charge in [0.05, 0.1) is 31.2 Å². The van der Waals surface area contributed by atoms with Crippen LogP contribution in [0.4, 0.5) is 0 Å². The molecule has 0 fully saturated rings. The molecule has 7 heteroatoms. The lowest BCUT2D eigenvalue weighted by atomic mass is 10.2. The third kappa shape index (κ3) is 4.24. The normalized spacial score (nSPS) is 10.8. The number of benzene rings is 1. The molecule has 6 nitrogen and oxygen atoms in total. The molecular formula is C18H18N2O4S. The van der Waals surface area contributed by atoms with Crippen molar-refractivity contribution in [1.29, 1.82) is 0 Å². The first-order valence-electron chi connectivity index (χ1n) is 7.73. The SMILES string of the molecule is COc1cccc2c(=O)cc(CSCC(=O)NCc3ccco3)[nH]c12. The van der Waals surface area contributed by atoms with E-state index >= 15 is 0 Å². The first kappa shape index (κ1) is 17.2. The van der Waals surface area contributed by atoms with Crippen molar-refractivity contribution >= 4 is 28.6 Å². The number of furan rings is 1. The zero-order valence-electron chi connectivity index (χ0n) is 13.7. The summed E-state index contributed by atoms with van der Waals surface area (Å²) in [6.45, 7) is 0.371. The van der Waals surface area contributed by atoms with Gasteiger partial charge in [-0.3, -0.25) is 9.59 Å². The maximum absolute atomic E-state index is 12.2. The van der Waals surface area contributed by atoms with Crippen LogP contribution in [-0.2, 0) is 17.1 Å². The van der Waals surface area contributed by atoms with E-state index in [9.17, 15) is 9.59 Å². The van der Waals surface area contributed by atoms with Crippen molar-refractivity contribution in [2.45, 2.75) is 12.3 Å². The number of pyridine rings is 1. The minimum atomic E-state index is -0.0814. The van der Waals surface area contributed by atoms with Gasteiger partial charge in [-0.15, -0.1) is 11.8 Å². The highest BCUT2D eigenvalue weighted by molar-refractivity contribution is 7.99. The van der Waals surface area contributed by atoms with Gasteiger partial charge in [0, 0.05) is 22.9 Å². The highest BCUT2D eigenvalue weighted by Crippen LogP contribution is 2.22. The molecular weight excluding hydrogens is 340 g/mol. The van der Waals surface area contributed by atoms with Crippen molar-refractivity contribution < 1.29 is 13.9 Å². The summed E-state index contributed by atoms with van der Waals surface area (Å²) in [7, 11) is 1.57. The second kappa shape index (κ2) is 7.94. The maximum atomic E-state index is 12.2. The van der Waals surface area contributed by atoms with E-state index in [1.165, 1.54) is 11.8 Å². The zero-order chi connectivity index (χ0) is 17.6. The van der Waals surface area contributed by atoms with Crippen molar-refractivity contribution in [3.05, 3.63) is 64.3 Å². The van der Waals surface area contributed by atoms with Crippen LogP contribution in [0.15, 0.2) is 51.9 Å². The molecule has 130 valence electrons. The lowest BCUT2D eigenvalue weighted by molar-refractivity contribution is -0.118. The van der Waals surface area contributed by atoms with E-state index in [0.717, 1.165) is 5.69 Å². The molecule has 2 N–H and O–H groups in total. The third-order valence-electron chi connectivity index (χ3n) is 3.63. The number of aromatic amines is 1. The second-order valence-electron chi connectivity index (χ2n) is 5.39. The van der Waals surface area contributed by atoms with Gasteiger partial charge < -0.3 is 19.5 Å². The summed E-state index contributed by atoms with van der Waals surface area (Å²) >= 11 is 1.43. The highest BCUT2D eigenvalue weighted by atomic mass is 32.2. The smallest absolute Gasteiger partial charge is 0.230 e. The summed E-state index contributed by atoms with van der Waals surface area (Å²) in [5, 5.41) is 3.37. The summed E-state index contributed by atoms with van der Waals surface area (Å²) in [5.74, 6) is 2.08. The molecule has 0 aliphatic carbocycles. The molecule has 0 saturated heterocycles. The fourth-order valence-corrected chi connectivity index (χ4v) is 3.21. The number of H-pyrrole nitrogens is 1. The van der Waals surface area contributed by atoms with Crippen LogP contribution in [-0.4, -0.2) is 23.8 Å². The van der Waals surface area contributed by atoms with Gasteiger partial charge in [0.2, 0.25) is 5.91 Å². The van der Waals surface area contributed by atoms with Crippen LogP contribution in [0.25, 0.3) is 10.9 Å². The van der Waals surface area contributed by atoms with E-state index in [4.69, 9.17) is 9.15 Å². The number of thioether (sulfide) groups is 1. The Hall–Kier alpha value is -2.67. The first-order chi connectivity index (χ1) is 12.2. The van der Waals surface area contributed by atoms with Crippen molar-refractivity contribution in [2.24, 2.45) is 0 Å². The lowest BCUT2D eigenvalue weighted by Gasteiger charge is -2.08. The standard InChI is InChI=1S/C18H18N2O4S/c1-23-16-6-2-5-14-15(21)8-12(20-18(14)16)10-25-11-17(22)19-9-13-4-3-7-24-13/h2-8H,9-11H2,1H3,(H,19,22)(H,20,21). The predicted molar refractivity (Wildman–Crippen MR) is 97.8 cm³/mol. The van der Waals surface area contributed by atoms with Gasteiger partial charge in [-0.2, -0.15) is 0 Å². The van der Waals surface area contributed by atoms with E-state index in [0.29, 0.717) is 40.5 Å². The molecule has 0 aliphatic heterocycles. The van der Waals surface area contributed by atoms with Crippen LogP contribution < -0.4 is 15.5 Å². The molecule has 0 saturated carbocycles. The molecule has 2 aromatic heterocycles. The van der Waals surface area contributed by atoms with Crippen LogP contribution in [0.5, 0.6) is 5.75 Å². The Balaban J connectivity index is 1.59. The Bertz CT molecular complexity index is 918. The third-order valence-corrected chi connectivity index (χ3v) is 4.61. The fourth-order valence-electron chi connectivity index (χ4n) is 2.45. The molecule has 0 aliphatic rings. The van der Waals surface area contributed by atoms with E-state index in [-0.39, 0.29) is 11.3 Å². The molecule has 0 atom stereocenters. The van der Waals surface area contributed by atoms with Crippen molar-refractivity contribution in [3.63, 3.8) is 0 Å². The molecule has 0 spiro atoms. The molecule has 0 bridgehead atoms. The molecule has 3 rings (SSSR count). The zero-order valence-corrected chi connectivity index (χ0v) is 14.5. The minimum absolute atomic E-state index is 0.0643. The predicted octanol–water partition coefficient (Wildman–Crippen LogP) is 2.68. The Kier molecular flexibility index (Phi) is 5.45. The number of hydrogen-bond donors (Lipinski definition) is 2. The average molecular weight is 358 g/mol.